The van der Waals surface area contributed by atoms with Crippen LogP contribution in [0, 0.1) is 10.1 Å². The maximum Gasteiger partial charge on any atom is 0.310 e. The molecule has 0 amide bonds. The van der Waals surface area contributed by atoms with Gasteiger partial charge >= 0.3 is 5.69 Å². The Morgan fingerprint density at radius 1 is 1.14 bits per heavy atom. The molecule has 0 aliphatic heterocycles. The molecular formula is C16H19N2O3+. The summed E-state index contributed by atoms with van der Waals surface area (Å²) in [6.45, 7) is 5.32. The van der Waals surface area contributed by atoms with Gasteiger partial charge in [0, 0.05) is 24.6 Å². The quantitative estimate of drug-likeness (QED) is 0.465. The van der Waals surface area contributed by atoms with Gasteiger partial charge in [-0.15, -0.1) is 0 Å². The average Bonchev–Trinajstić information content (AvgIpc) is 2.48. The second kappa shape index (κ2) is 6.83. The zero-order valence-corrected chi connectivity index (χ0v) is 12.3. The molecule has 2 aromatic rings. The molecule has 0 saturated heterocycles. The van der Waals surface area contributed by atoms with E-state index >= 15 is 0 Å². The van der Waals surface area contributed by atoms with E-state index < -0.39 is 4.92 Å². The summed E-state index contributed by atoms with van der Waals surface area (Å²) >= 11 is 0. The molecule has 0 radical (unpaired) electrons. The number of benzene rings is 1. The van der Waals surface area contributed by atoms with Gasteiger partial charge < -0.3 is 4.74 Å². The molecule has 0 saturated carbocycles. The molecule has 1 aromatic carbocycles. The van der Waals surface area contributed by atoms with Gasteiger partial charge in [-0.25, -0.2) is 4.57 Å². The highest BCUT2D eigenvalue weighted by Crippen LogP contribution is 2.32. The van der Waals surface area contributed by atoms with Gasteiger partial charge in [0.25, 0.3) is 0 Å². The van der Waals surface area contributed by atoms with Gasteiger partial charge in [-0.2, -0.15) is 0 Å². The van der Waals surface area contributed by atoms with Crippen LogP contribution < -0.4 is 9.30 Å². The molecule has 0 aliphatic carbocycles. The highest BCUT2D eigenvalue weighted by atomic mass is 16.6. The number of hydrogen-bond acceptors (Lipinski definition) is 3. The van der Waals surface area contributed by atoms with Crippen LogP contribution in [0.2, 0.25) is 0 Å². The van der Waals surface area contributed by atoms with E-state index in [1.807, 2.05) is 31.5 Å². The molecule has 0 aliphatic rings. The lowest BCUT2D eigenvalue weighted by Crippen LogP contribution is -2.31. The molecule has 0 atom stereocenters. The molecule has 1 heterocycles. The minimum atomic E-state index is -0.422. The van der Waals surface area contributed by atoms with Crippen molar-refractivity contribution in [1.82, 2.24) is 0 Å². The van der Waals surface area contributed by atoms with E-state index in [2.05, 4.69) is 11.5 Å². The fourth-order valence-corrected chi connectivity index (χ4v) is 2.17. The van der Waals surface area contributed by atoms with Crippen LogP contribution in [-0.2, 0) is 6.54 Å². The number of aryl methyl sites for hydroxylation is 1. The Labute approximate surface area is 124 Å². The first-order chi connectivity index (χ1) is 10.2. The van der Waals surface area contributed by atoms with Crippen LogP contribution in [0.5, 0.6) is 5.75 Å². The van der Waals surface area contributed by atoms with Gasteiger partial charge in [-0.1, -0.05) is 6.92 Å². The molecule has 2 rings (SSSR count). The number of hydrogen-bond donors (Lipinski definition) is 0. The van der Waals surface area contributed by atoms with Crippen LogP contribution in [0.3, 0.4) is 0 Å². The van der Waals surface area contributed by atoms with E-state index in [1.165, 1.54) is 6.07 Å². The summed E-state index contributed by atoms with van der Waals surface area (Å²) < 4.78 is 7.49. The lowest BCUT2D eigenvalue weighted by Gasteiger charge is -2.07. The van der Waals surface area contributed by atoms with E-state index in [0.29, 0.717) is 12.4 Å². The molecule has 5 heteroatoms. The maximum absolute atomic E-state index is 11.0. The first-order valence-corrected chi connectivity index (χ1v) is 7.06. The molecule has 0 bridgehead atoms. The Kier molecular flexibility index (Phi) is 4.87. The summed E-state index contributed by atoms with van der Waals surface area (Å²) in [4.78, 5) is 10.6. The van der Waals surface area contributed by atoms with Gasteiger partial charge in [-0.05, 0) is 30.2 Å². The van der Waals surface area contributed by atoms with Crippen LogP contribution in [0.4, 0.5) is 5.69 Å². The SMILES string of the molecule is CCC[n+]1ccc(-c2ccc([N+](=O)[O-])c(OCC)c2)cc1. The molecule has 0 N–H and O–H groups in total. The Morgan fingerprint density at radius 3 is 2.43 bits per heavy atom. The van der Waals surface area contributed by atoms with Crippen molar-refractivity contribution in [3.8, 4) is 16.9 Å². The van der Waals surface area contributed by atoms with E-state index in [1.54, 1.807) is 12.1 Å². The molecule has 0 unspecified atom stereocenters. The van der Waals surface area contributed by atoms with Crippen LogP contribution in [-0.4, -0.2) is 11.5 Å². The Bertz CT molecular complexity index is 624. The van der Waals surface area contributed by atoms with Gasteiger partial charge in [0.2, 0.25) is 0 Å². The van der Waals surface area contributed by atoms with Crippen LogP contribution in [0.15, 0.2) is 42.7 Å². The first-order valence-electron chi connectivity index (χ1n) is 7.06. The van der Waals surface area contributed by atoms with Crippen molar-refractivity contribution in [3.63, 3.8) is 0 Å². The van der Waals surface area contributed by atoms with Crippen molar-refractivity contribution in [1.29, 1.82) is 0 Å². The van der Waals surface area contributed by atoms with Gasteiger partial charge in [0.1, 0.15) is 6.54 Å². The zero-order valence-electron chi connectivity index (χ0n) is 12.3. The molecule has 110 valence electrons. The van der Waals surface area contributed by atoms with Crippen LogP contribution in [0.1, 0.15) is 20.3 Å². The monoisotopic (exact) mass is 287 g/mol. The van der Waals surface area contributed by atoms with Gasteiger partial charge in [0.05, 0.1) is 11.5 Å². The molecule has 21 heavy (non-hydrogen) atoms. The predicted octanol–water partition coefficient (Wildman–Crippen LogP) is 3.36. The van der Waals surface area contributed by atoms with E-state index in [9.17, 15) is 10.1 Å². The highest BCUT2D eigenvalue weighted by molar-refractivity contribution is 5.67. The minimum absolute atomic E-state index is 0.00224. The number of nitrogens with zero attached hydrogens (tertiary/aromatic N) is 2. The minimum Gasteiger partial charge on any atom is -0.487 e. The third kappa shape index (κ3) is 3.56. The number of ether oxygens (including phenoxy) is 1. The third-order valence-corrected chi connectivity index (χ3v) is 3.16. The Balaban J connectivity index is 2.35. The lowest BCUT2D eigenvalue weighted by molar-refractivity contribution is -0.696. The summed E-state index contributed by atoms with van der Waals surface area (Å²) in [5.41, 5.74) is 1.92. The zero-order chi connectivity index (χ0) is 15.2. The van der Waals surface area contributed by atoms with Crippen molar-refractivity contribution in [2.24, 2.45) is 0 Å². The Hall–Kier alpha value is -2.43. The Morgan fingerprint density at radius 2 is 1.86 bits per heavy atom. The standard InChI is InChI=1S/C16H19N2O3/c1-3-9-17-10-7-13(8-11-17)14-5-6-15(18(19)20)16(12-14)21-4-2/h5-8,10-12H,3-4,9H2,1-2H3/q+1. The van der Waals surface area contributed by atoms with Crippen molar-refractivity contribution in [2.45, 2.75) is 26.8 Å². The molecule has 0 fully saturated rings. The summed E-state index contributed by atoms with van der Waals surface area (Å²) in [5.74, 6) is 0.310. The van der Waals surface area contributed by atoms with E-state index in [-0.39, 0.29) is 5.69 Å². The third-order valence-electron chi connectivity index (χ3n) is 3.16. The van der Waals surface area contributed by atoms with Crippen LogP contribution >= 0.6 is 0 Å². The molecule has 1 aromatic heterocycles. The molecule has 5 nitrogen and oxygen atoms in total. The summed E-state index contributed by atoms with van der Waals surface area (Å²) in [7, 11) is 0. The molecule has 0 spiro atoms. The fraction of sp³-hybridized carbons (Fsp3) is 0.312. The van der Waals surface area contributed by atoms with Crippen molar-refractivity contribution in [3.05, 3.63) is 52.8 Å². The van der Waals surface area contributed by atoms with E-state index in [0.717, 1.165) is 24.1 Å². The van der Waals surface area contributed by atoms with E-state index in [4.69, 9.17) is 4.74 Å². The number of aromatic nitrogens is 1. The number of pyridine rings is 1. The number of rotatable bonds is 6. The highest BCUT2D eigenvalue weighted by Gasteiger charge is 2.16. The van der Waals surface area contributed by atoms with Crippen molar-refractivity contribution >= 4 is 5.69 Å². The first kappa shape index (κ1) is 15.0. The summed E-state index contributed by atoms with van der Waals surface area (Å²) in [6.07, 6.45) is 5.11. The molecular weight excluding hydrogens is 268 g/mol. The second-order valence-corrected chi connectivity index (χ2v) is 4.70. The van der Waals surface area contributed by atoms with Crippen molar-refractivity contribution in [2.75, 3.05) is 6.61 Å². The number of nitro benzene ring substituents is 1. The summed E-state index contributed by atoms with van der Waals surface area (Å²) in [5, 5.41) is 11.0. The fourth-order valence-electron chi connectivity index (χ4n) is 2.17. The average molecular weight is 287 g/mol. The normalized spacial score (nSPS) is 10.4. The van der Waals surface area contributed by atoms with Gasteiger partial charge in [-0.3, -0.25) is 10.1 Å². The maximum atomic E-state index is 11.0. The van der Waals surface area contributed by atoms with Gasteiger partial charge in [0.15, 0.2) is 18.1 Å². The number of nitro groups is 1. The second-order valence-electron chi connectivity index (χ2n) is 4.70. The largest absolute Gasteiger partial charge is 0.487 e. The topological polar surface area (TPSA) is 56.2 Å². The van der Waals surface area contributed by atoms with Crippen LogP contribution in [0.25, 0.3) is 11.1 Å². The van der Waals surface area contributed by atoms with Crippen molar-refractivity contribution < 1.29 is 14.2 Å². The smallest absolute Gasteiger partial charge is 0.310 e. The lowest BCUT2D eigenvalue weighted by atomic mass is 10.1. The summed E-state index contributed by atoms with van der Waals surface area (Å²) in [6, 6.07) is 8.98. The predicted molar refractivity (Wildman–Crippen MR) is 80.2 cm³/mol.